The maximum atomic E-state index is 12.1. The van der Waals surface area contributed by atoms with Crippen LogP contribution in [0.5, 0.6) is 0 Å². The van der Waals surface area contributed by atoms with Crippen LogP contribution >= 0.6 is 11.3 Å². The smallest absolute Gasteiger partial charge is 0.132 e. The van der Waals surface area contributed by atoms with E-state index in [0.29, 0.717) is 11.2 Å². The third-order valence-electron chi connectivity index (χ3n) is 2.58. The molecule has 0 fully saturated rings. The second-order valence-corrected chi connectivity index (χ2v) is 6.63. The first-order valence-corrected chi connectivity index (χ1v) is 7.84. The molecule has 2 aromatic heterocycles. The summed E-state index contributed by atoms with van der Waals surface area (Å²) in [5.41, 5.74) is 0.955. The first-order valence-electron chi connectivity index (χ1n) is 5.52. The molecule has 98 valence electrons. The normalized spacial score (nSPS) is 11.0. The van der Waals surface area contributed by atoms with Gasteiger partial charge < -0.3 is 4.72 Å². The number of hydrogen-bond donors (Lipinski definition) is 0. The van der Waals surface area contributed by atoms with Crippen LogP contribution in [0.4, 0.5) is 5.69 Å². The maximum Gasteiger partial charge on any atom is 0.132 e. The van der Waals surface area contributed by atoms with Crippen molar-refractivity contribution in [3.8, 4) is 0 Å². The van der Waals surface area contributed by atoms with Gasteiger partial charge in [-0.2, -0.15) is 0 Å². The van der Waals surface area contributed by atoms with Crippen LogP contribution in [-0.4, -0.2) is 13.4 Å². The molecule has 0 saturated carbocycles. The van der Waals surface area contributed by atoms with Crippen LogP contribution in [-0.2, 0) is 29.5 Å². The van der Waals surface area contributed by atoms with E-state index in [-0.39, 0.29) is 23.7 Å². The van der Waals surface area contributed by atoms with Gasteiger partial charge in [0, 0.05) is 25.7 Å². The summed E-state index contributed by atoms with van der Waals surface area (Å²) in [4.78, 5) is 4.19. The summed E-state index contributed by atoms with van der Waals surface area (Å²) in [6.07, 6.45) is 1.62. The van der Waals surface area contributed by atoms with Gasteiger partial charge in [-0.1, -0.05) is 30.3 Å². The van der Waals surface area contributed by atoms with E-state index in [2.05, 4.69) is 9.71 Å². The molecular weight excluding hydrogens is 346 g/mol. The maximum absolute atomic E-state index is 12.1. The van der Waals surface area contributed by atoms with E-state index in [0.717, 1.165) is 16.7 Å². The molecule has 0 aliphatic carbocycles. The van der Waals surface area contributed by atoms with Crippen LogP contribution in [0.3, 0.4) is 0 Å². The van der Waals surface area contributed by atoms with Crippen molar-refractivity contribution in [1.82, 2.24) is 4.98 Å². The minimum Gasteiger partial charge on any atom is -0.570 e. The zero-order chi connectivity index (χ0) is 13.3. The van der Waals surface area contributed by atoms with Crippen molar-refractivity contribution in [2.45, 2.75) is 4.21 Å². The summed E-state index contributed by atoms with van der Waals surface area (Å²) < 4.78 is 28.4. The number of hydrogen-bond acceptors (Lipinski definition) is 4. The van der Waals surface area contributed by atoms with E-state index >= 15 is 0 Å². The van der Waals surface area contributed by atoms with Gasteiger partial charge >= 0.3 is 0 Å². The van der Waals surface area contributed by atoms with E-state index in [9.17, 15) is 8.42 Å². The third kappa shape index (κ3) is 2.90. The van der Waals surface area contributed by atoms with Gasteiger partial charge in [0.05, 0.1) is 5.52 Å². The molecule has 0 aliphatic rings. The number of rotatable bonds is 3. The molecule has 0 saturated heterocycles. The summed E-state index contributed by atoms with van der Waals surface area (Å²) in [5.74, 6) is 0. The van der Waals surface area contributed by atoms with Crippen LogP contribution in [0.15, 0.2) is 58.3 Å². The van der Waals surface area contributed by atoms with Gasteiger partial charge in [0.15, 0.2) is 0 Å². The minimum absolute atomic E-state index is 0. The van der Waals surface area contributed by atoms with Gasteiger partial charge in [0.25, 0.3) is 0 Å². The van der Waals surface area contributed by atoms with Crippen molar-refractivity contribution in [3.05, 3.63) is 58.8 Å². The Hall–Kier alpha value is -1.30. The molecule has 1 aromatic carbocycles. The molecule has 2 heterocycles. The predicted molar refractivity (Wildman–Crippen MR) is 76.3 cm³/mol. The Kier molecular flexibility index (Phi) is 4.53. The van der Waals surface area contributed by atoms with Crippen molar-refractivity contribution in [1.29, 1.82) is 0 Å². The number of sulfonamides is 1. The second-order valence-electron chi connectivity index (χ2n) is 3.85. The molecular formula is C13H9N2O2S2Zn-. The van der Waals surface area contributed by atoms with Gasteiger partial charge in [-0.15, -0.1) is 17.0 Å². The van der Waals surface area contributed by atoms with Crippen molar-refractivity contribution in [2.24, 2.45) is 0 Å². The Balaban J connectivity index is 0.00000147. The monoisotopic (exact) mass is 353 g/mol. The van der Waals surface area contributed by atoms with Crippen molar-refractivity contribution < 1.29 is 27.9 Å². The summed E-state index contributed by atoms with van der Waals surface area (Å²) in [5, 5.41) is 2.58. The van der Waals surface area contributed by atoms with Gasteiger partial charge in [0.2, 0.25) is 0 Å². The average molecular weight is 355 g/mol. The Morgan fingerprint density at radius 3 is 2.60 bits per heavy atom. The topological polar surface area (TPSA) is 61.1 Å². The quantitative estimate of drug-likeness (QED) is 0.674. The summed E-state index contributed by atoms with van der Waals surface area (Å²) in [6, 6.07) is 12.2. The minimum atomic E-state index is -3.66. The Morgan fingerprint density at radius 1 is 1.05 bits per heavy atom. The molecule has 0 unspecified atom stereocenters. The summed E-state index contributed by atoms with van der Waals surface area (Å²) >= 11 is 1.15. The fraction of sp³-hybridized carbons (Fsp3) is 0. The molecule has 0 radical (unpaired) electrons. The number of thiophene rings is 1. The zero-order valence-corrected chi connectivity index (χ0v) is 15.0. The van der Waals surface area contributed by atoms with Crippen LogP contribution in [0.1, 0.15) is 0 Å². The Bertz CT molecular complexity index is 812. The molecule has 0 atom stereocenters. The van der Waals surface area contributed by atoms with Gasteiger partial charge in [0.1, 0.15) is 14.2 Å². The second kappa shape index (κ2) is 6.00. The number of nitrogens with zero attached hydrogens (tertiary/aromatic N) is 2. The number of fused-ring (bicyclic) bond motifs is 1. The van der Waals surface area contributed by atoms with E-state index in [4.69, 9.17) is 0 Å². The summed E-state index contributed by atoms with van der Waals surface area (Å²) in [7, 11) is -3.66. The largest absolute Gasteiger partial charge is 0.570 e. The molecule has 20 heavy (non-hydrogen) atoms. The van der Waals surface area contributed by atoms with Crippen molar-refractivity contribution in [2.75, 3.05) is 0 Å². The number of benzene rings is 1. The fourth-order valence-corrected chi connectivity index (χ4v) is 3.71. The Morgan fingerprint density at radius 2 is 1.85 bits per heavy atom. The number of aromatic nitrogens is 1. The van der Waals surface area contributed by atoms with Gasteiger partial charge in [-0.3, -0.25) is 4.98 Å². The van der Waals surface area contributed by atoms with E-state index < -0.39 is 10.0 Å². The van der Waals surface area contributed by atoms with Crippen molar-refractivity contribution >= 4 is 38.0 Å². The molecule has 3 aromatic rings. The molecule has 0 aliphatic heterocycles. The van der Waals surface area contributed by atoms with Crippen LogP contribution in [0.25, 0.3) is 15.6 Å². The molecule has 0 bridgehead atoms. The average Bonchev–Trinajstić information content (AvgIpc) is 2.93. The zero-order valence-electron chi connectivity index (χ0n) is 10.4. The molecule has 0 spiro atoms. The van der Waals surface area contributed by atoms with Gasteiger partial charge in [-0.25, -0.2) is 8.42 Å². The molecule has 0 N–H and O–H groups in total. The first kappa shape index (κ1) is 15.1. The third-order valence-corrected chi connectivity index (χ3v) is 5.24. The standard InChI is InChI=1S/C13H9N2O2S2.Zn/c16-19(17,12-7-3-9-18-12)15-11-6-1-4-10-5-2-8-14-13(10)11;/h1-9H;/q-1;. The van der Waals surface area contributed by atoms with Crippen LogP contribution < -0.4 is 0 Å². The molecule has 0 amide bonds. The van der Waals surface area contributed by atoms with E-state index in [1.807, 2.05) is 12.1 Å². The van der Waals surface area contributed by atoms with E-state index in [1.54, 1.807) is 41.9 Å². The molecule has 7 heteroatoms. The van der Waals surface area contributed by atoms with Crippen molar-refractivity contribution in [3.63, 3.8) is 0 Å². The SMILES string of the molecule is O=S(=O)([N-]c1cccc2cccnc12)c1cccs1.[Zn]. The van der Waals surface area contributed by atoms with Gasteiger partial charge in [-0.05, 0) is 22.9 Å². The number of pyridine rings is 1. The summed E-state index contributed by atoms with van der Waals surface area (Å²) in [6.45, 7) is 0. The predicted octanol–water partition coefficient (Wildman–Crippen LogP) is 3.69. The first-order chi connectivity index (χ1) is 9.17. The van der Waals surface area contributed by atoms with Crippen LogP contribution in [0.2, 0.25) is 0 Å². The fourth-order valence-electron chi connectivity index (χ4n) is 1.75. The van der Waals surface area contributed by atoms with Crippen LogP contribution in [0, 0.1) is 0 Å². The molecule has 3 rings (SSSR count). The van der Waals surface area contributed by atoms with E-state index in [1.165, 1.54) is 0 Å². The number of para-hydroxylation sites is 1. The Labute approximate surface area is 133 Å². The molecule has 4 nitrogen and oxygen atoms in total.